The molecule has 0 bridgehead atoms. The fourth-order valence-corrected chi connectivity index (χ4v) is 2.39. The maximum Gasteiger partial charge on any atom is 0.0732 e. The molecular formula is C10H19NO. The van der Waals surface area contributed by atoms with Gasteiger partial charge in [0.1, 0.15) is 0 Å². The van der Waals surface area contributed by atoms with Crippen molar-refractivity contribution in [2.45, 2.75) is 51.4 Å². The summed E-state index contributed by atoms with van der Waals surface area (Å²) < 4.78 is 5.88. The first-order valence-corrected chi connectivity index (χ1v) is 5.14. The van der Waals surface area contributed by atoms with Crippen molar-refractivity contribution in [2.75, 3.05) is 6.54 Å². The van der Waals surface area contributed by atoms with Crippen LogP contribution >= 0.6 is 0 Å². The van der Waals surface area contributed by atoms with Gasteiger partial charge in [0.15, 0.2) is 0 Å². The predicted molar refractivity (Wildman–Crippen MR) is 49.1 cm³/mol. The van der Waals surface area contributed by atoms with E-state index in [2.05, 4.69) is 19.2 Å². The number of morpholine rings is 1. The molecule has 0 amide bonds. The van der Waals surface area contributed by atoms with Crippen molar-refractivity contribution in [3.63, 3.8) is 0 Å². The number of fused-ring (bicyclic) bond motifs is 1. The van der Waals surface area contributed by atoms with Crippen LogP contribution in [0.5, 0.6) is 0 Å². The number of ether oxygens (including phenoxy) is 1. The molecule has 0 radical (unpaired) electrons. The quantitative estimate of drug-likeness (QED) is 0.594. The fourth-order valence-electron chi connectivity index (χ4n) is 2.39. The Morgan fingerprint density at radius 1 is 1.25 bits per heavy atom. The Bertz CT molecular complexity index is 142. The van der Waals surface area contributed by atoms with Crippen LogP contribution in [0.4, 0.5) is 0 Å². The van der Waals surface area contributed by atoms with Crippen molar-refractivity contribution in [3.05, 3.63) is 0 Å². The zero-order chi connectivity index (χ0) is 8.55. The predicted octanol–water partition coefficient (Wildman–Crippen LogP) is 1.55. The van der Waals surface area contributed by atoms with E-state index in [9.17, 15) is 0 Å². The van der Waals surface area contributed by atoms with Gasteiger partial charge < -0.3 is 10.1 Å². The van der Waals surface area contributed by atoms with Crippen molar-refractivity contribution in [3.8, 4) is 0 Å². The van der Waals surface area contributed by atoms with Crippen LogP contribution in [0.1, 0.15) is 33.1 Å². The SMILES string of the molecule is CC1CCC2OC(C)CNC2C1. The van der Waals surface area contributed by atoms with Gasteiger partial charge in [0.2, 0.25) is 0 Å². The molecule has 70 valence electrons. The largest absolute Gasteiger partial charge is 0.372 e. The molecule has 1 N–H and O–H groups in total. The van der Waals surface area contributed by atoms with Gasteiger partial charge in [0.05, 0.1) is 12.2 Å². The van der Waals surface area contributed by atoms with Crippen LogP contribution in [0.3, 0.4) is 0 Å². The van der Waals surface area contributed by atoms with E-state index in [-0.39, 0.29) is 0 Å². The molecule has 1 heterocycles. The Morgan fingerprint density at radius 2 is 2.08 bits per heavy atom. The first-order valence-electron chi connectivity index (χ1n) is 5.14. The molecule has 0 spiro atoms. The Morgan fingerprint density at radius 3 is 2.92 bits per heavy atom. The lowest BCUT2D eigenvalue weighted by Crippen LogP contribution is -2.54. The Balaban J connectivity index is 1.94. The second-order valence-electron chi connectivity index (χ2n) is 4.42. The Hall–Kier alpha value is -0.0800. The highest BCUT2D eigenvalue weighted by Gasteiger charge is 2.33. The molecule has 1 saturated heterocycles. The summed E-state index contributed by atoms with van der Waals surface area (Å²) in [5.74, 6) is 0.885. The van der Waals surface area contributed by atoms with Crippen molar-refractivity contribution in [1.82, 2.24) is 5.32 Å². The average Bonchev–Trinajstić information content (AvgIpc) is 2.05. The third-order valence-corrected chi connectivity index (χ3v) is 3.12. The van der Waals surface area contributed by atoms with Crippen molar-refractivity contribution >= 4 is 0 Å². The highest BCUT2D eigenvalue weighted by molar-refractivity contribution is 4.88. The molecule has 2 fully saturated rings. The van der Waals surface area contributed by atoms with Gasteiger partial charge >= 0.3 is 0 Å². The molecule has 0 aromatic rings. The second-order valence-corrected chi connectivity index (χ2v) is 4.42. The minimum atomic E-state index is 0.416. The first kappa shape index (κ1) is 8.52. The van der Waals surface area contributed by atoms with E-state index in [0.29, 0.717) is 18.2 Å². The zero-order valence-electron chi connectivity index (χ0n) is 8.05. The van der Waals surface area contributed by atoms with E-state index in [1.165, 1.54) is 19.3 Å². The Labute approximate surface area is 74.7 Å². The molecule has 4 atom stereocenters. The van der Waals surface area contributed by atoms with Crippen molar-refractivity contribution in [2.24, 2.45) is 5.92 Å². The molecule has 1 aliphatic heterocycles. The summed E-state index contributed by atoms with van der Waals surface area (Å²) in [4.78, 5) is 0. The van der Waals surface area contributed by atoms with Gasteiger partial charge in [0.25, 0.3) is 0 Å². The lowest BCUT2D eigenvalue weighted by atomic mass is 9.84. The van der Waals surface area contributed by atoms with Crippen LogP contribution in [0.2, 0.25) is 0 Å². The summed E-state index contributed by atoms with van der Waals surface area (Å²) >= 11 is 0. The lowest BCUT2D eigenvalue weighted by Gasteiger charge is -2.41. The van der Waals surface area contributed by atoms with Gasteiger partial charge in [-0.1, -0.05) is 6.92 Å². The van der Waals surface area contributed by atoms with E-state index in [1.807, 2.05) is 0 Å². The third-order valence-electron chi connectivity index (χ3n) is 3.12. The summed E-state index contributed by atoms with van der Waals surface area (Å²) in [6.07, 6.45) is 4.82. The first-order chi connectivity index (χ1) is 5.75. The highest BCUT2D eigenvalue weighted by atomic mass is 16.5. The third kappa shape index (κ3) is 1.64. The minimum absolute atomic E-state index is 0.416. The number of hydrogen-bond acceptors (Lipinski definition) is 2. The zero-order valence-corrected chi connectivity index (χ0v) is 8.05. The minimum Gasteiger partial charge on any atom is -0.372 e. The van der Waals surface area contributed by atoms with Crippen LogP contribution in [-0.4, -0.2) is 24.8 Å². The van der Waals surface area contributed by atoms with Gasteiger partial charge in [-0.3, -0.25) is 0 Å². The molecule has 2 nitrogen and oxygen atoms in total. The van der Waals surface area contributed by atoms with E-state index in [4.69, 9.17) is 4.74 Å². The van der Waals surface area contributed by atoms with Crippen LogP contribution < -0.4 is 5.32 Å². The van der Waals surface area contributed by atoms with Gasteiger partial charge in [-0.05, 0) is 32.1 Å². The number of hydrogen-bond donors (Lipinski definition) is 1. The average molecular weight is 169 g/mol. The molecule has 2 rings (SSSR count). The molecular weight excluding hydrogens is 150 g/mol. The van der Waals surface area contributed by atoms with Crippen molar-refractivity contribution < 1.29 is 4.74 Å². The van der Waals surface area contributed by atoms with Gasteiger partial charge in [-0.25, -0.2) is 0 Å². The summed E-state index contributed by atoms with van der Waals surface area (Å²) in [7, 11) is 0. The Kier molecular flexibility index (Phi) is 2.37. The molecule has 0 aromatic heterocycles. The second kappa shape index (κ2) is 3.35. The lowest BCUT2D eigenvalue weighted by molar-refractivity contribution is -0.0758. The monoisotopic (exact) mass is 169 g/mol. The van der Waals surface area contributed by atoms with Crippen molar-refractivity contribution in [1.29, 1.82) is 0 Å². The number of nitrogens with one attached hydrogen (secondary N) is 1. The molecule has 1 aliphatic carbocycles. The maximum absolute atomic E-state index is 5.88. The molecule has 12 heavy (non-hydrogen) atoms. The maximum atomic E-state index is 5.88. The van der Waals surface area contributed by atoms with Gasteiger partial charge in [-0.15, -0.1) is 0 Å². The highest BCUT2D eigenvalue weighted by Crippen LogP contribution is 2.28. The van der Waals surface area contributed by atoms with E-state index in [0.717, 1.165) is 12.5 Å². The smallest absolute Gasteiger partial charge is 0.0732 e. The van der Waals surface area contributed by atoms with E-state index < -0.39 is 0 Å². The van der Waals surface area contributed by atoms with Crippen LogP contribution in [-0.2, 0) is 4.74 Å². The fraction of sp³-hybridized carbons (Fsp3) is 1.00. The summed E-state index contributed by atoms with van der Waals surface area (Å²) in [6, 6.07) is 0.643. The molecule has 4 unspecified atom stereocenters. The van der Waals surface area contributed by atoms with Gasteiger partial charge in [-0.2, -0.15) is 0 Å². The standard InChI is InChI=1S/C10H19NO/c1-7-3-4-10-9(5-7)11-6-8(2)12-10/h7-11H,3-6H2,1-2H3. The van der Waals surface area contributed by atoms with E-state index in [1.54, 1.807) is 0 Å². The summed E-state index contributed by atoms with van der Waals surface area (Å²) in [5.41, 5.74) is 0. The van der Waals surface area contributed by atoms with E-state index >= 15 is 0 Å². The van der Waals surface area contributed by atoms with Gasteiger partial charge in [0, 0.05) is 12.6 Å². The molecule has 2 heteroatoms. The topological polar surface area (TPSA) is 21.3 Å². The van der Waals surface area contributed by atoms with Crippen LogP contribution in [0.15, 0.2) is 0 Å². The molecule has 0 aromatic carbocycles. The summed E-state index contributed by atoms with van der Waals surface area (Å²) in [5, 5.41) is 3.58. The van der Waals surface area contributed by atoms with Crippen LogP contribution in [0, 0.1) is 5.92 Å². The molecule has 1 saturated carbocycles. The number of rotatable bonds is 0. The molecule has 2 aliphatic rings. The van der Waals surface area contributed by atoms with Crippen LogP contribution in [0.25, 0.3) is 0 Å². The summed E-state index contributed by atoms with van der Waals surface area (Å²) in [6.45, 7) is 5.53. The normalized spacial score (nSPS) is 48.5.